The zero-order valence-corrected chi connectivity index (χ0v) is 16.5. The predicted octanol–water partition coefficient (Wildman–Crippen LogP) is 2.72. The first-order valence-electron chi connectivity index (χ1n) is 9.27. The first-order valence-corrected chi connectivity index (χ1v) is 9.27. The van der Waals surface area contributed by atoms with Crippen LogP contribution in [-0.4, -0.2) is 28.6 Å². The van der Waals surface area contributed by atoms with Crippen molar-refractivity contribution in [3.63, 3.8) is 0 Å². The molecule has 0 radical (unpaired) electrons. The highest BCUT2D eigenvalue weighted by atomic mass is 16.5. The third kappa shape index (κ3) is 5.94. The summed E-state index contributed by atoms with van der Waals surface area (Å²) in [5.41, 5.74) is 13.9. The lowest BCUT2D eigenvalue weighted by molar-refractivity contribution is 0.0995. The minimum Gasteiger partial charge on any atom is -0.449 e. The Hall–Kier alpha value is -3.16. The summed E-state index contributed by atoms with van der Waals surface area (Å²) in [4.78, 5) is 31.7. The van der Waals surface area contributed by atoms with Gasteiger partial charge >= 0.3 is 6.09 Å². The Morgan fingerprint density at radius 1 is 1.18 bits per heavy atom. The molecule has 0 aliphatic heterocycles. The van der Waals surface area contributed by atoms with Crippen LogP contribution in [0.15, 0.2) is 24.3 Å². The topological polar surface area (TPSA) is 133 Å². The fraction of sp³-hybridized carbons (Fsp3) is 0.400. The average molecular weight is 385 g/mol. The van der Waals surface area contributed by atoms with E-state index in [1.165, 1.54) is 0 Å². The lowest BCUT2D eigenvalue weighted by atomic mass is 10.0. The number of carbonyl (C=O) groups excluding carboxylic acids is 2. The zero-order chi connectivity index (χ0) is 20.7. The average Bonchev–Trinajstić information content (AvgIpc) is 2.61. The van der Waals surface area contributed by atoms with Gasteiger partial charge in [0, 0.05) is 12.1 Å². The summed E-state index contributed by atoms with van der Waals surface area (Å²) in [6.45, 7) is 6.37. The van der Waals surface area contributed by atoms with Gasteiger partial charge in [0.1, 0.15) is 0 Å². The van der Waals surface area contributed by atoms with Gasteiger partial charge in [-0.25, -0.2) is 14.8 Å². The van der Waals surface area contributed by atoms with Crippen molar-refractivity contribution in [2.24, 2.45) is 17.4 Å². The molecule has 8 heteroatoms. The zero-order valence-electron chi connectivity index (χ0n) is 16.5. The molecule has 2 rings (SSSR count). The van der Waals surface area contributed by atoms with Gasteiger partial charge in [-0.2, -0.15) is 0 Å². The maximum absolute atomic E-state index is 11.9. The number of aromatic nitrogens is 2. The molecule has 0 saturated carbocycles. The summed E-state index contributed by atoms with van der Waals surface area (Å²) >= 11 is 0. The molecule has 0 aliphatic carbocycles. The maximum atomic E-state index is 11.9. The Morgan fingerprint density at radius 3 is 2.54 bits per heavy atom. The number of rotatable bonds is 9. The van der Waals surface area contributed by atoms with Gasteiger partial charge in [0.15, 0.2) is 11.5 Å². The van der Waals surface area contributed by atoms with Crippen molar-refractivity contribution >= 4 is 23.5 Å². The SMILES string of the molecule is CCc1nc(C(N)=O)c(Nc2cccc(CCOC(N)=O)c2)nc1CC(C)C. The van der Waals surface area contributed by atoms with Crippen molar-refractivity contribution in [1.82, 2.24) is 9.97 Å². The van der Waals surface area contributed by atoms with Crippen LogP contribution >= 0.6 is 0 Å². The summed E-state index contributed by atoms with van der Waals surface area (Å²) in [6, 6.07) is 7.49. The van der Waals surface area contributed by atoms with Crippen LogP contribution in [0.2, 0.25) is 0 Å². The fourth-order valence-corrected chi connectivity index (χ4v) is 2.81. The predicted molar refractivity (Wildman–Crippen MR) is 107 cm³/mol. The van der Waals surface area contributed by atoms with Gasteiger partial charge < -0.3 is 21.5 Å². The fourth-order valence-electron chi connectivity index (χ4n) is 2.81. The number of benzene rings is 1. The van der Waals surface area contributed by atoms with E-state index in [0.29, 0.717) is 24.6 Å². The van der Waals surface area contributed by atoms with E-state index in [9.17, 15) is 9.59 Å². The number of nitrogens with zero attached hydrogens (tertiary/aromatic N) is 2. The van der Waals surface area contributed by atoms with E-state index in [4.69, 9.17) is 16.2 Å². The van der Waals surface area contributed by atoms with Crippen molar-refractivity contribution < 1.29 is 14.3 Å². The molecule has 28 heavy (non-hydrogen) atoms. The van der Waals surface area contributed by atoms with E-state index in [0.717, 1.165) is 29.1 Å². The molecule has 0 bridgehead atoms. The van der Waals surface area contributed by atoms with Crippen LogP contribution in [0, 0.1) is 5.92 Å². The highest BCUT2D eigenvalue weighted by molar-refractivity contribution is 5.96. The Morgan fingerprint density at radius 2 is 1.93 bits per heavy atom. The van der Waals surface area contributed by atoms with Gasteiger partial charge in [-0.15, -0.1) is 0 Å². The summed E-state index contributed by atoms with van der Waals surface area (Å²) in [5, 5.41) is 3.15. The van der Waals surface area contributed by atoms with E-state index in [2.05, 4.69) is 29.1 Å². The molecular weight excluding hydrogens is 358 g/mol. The molecule has 150 valence electrons. The second kappa shape index (κ2) is 9.68. The molecule has 1 aromatic carbocycles. The third-order valence-electron chi connectivity index (χ3n) is 4.05. The maximum Gasteiger partial charge on any atom is 0.404 e. The van der Waals surface area contributed by atoms with Crippen LogP contribution in [0.25, 0.3) is 0 Å². The third-order valence-corrected chi connectivity index (χ3v) is 4.05. The molecule has 0 spiro atoms. The molecule has 1 aromatic heterocycles. The molecule has 8 nitrogen and oxygen atoms in total. The van der Waals surface area contributed by atoms with Crippen LogP contribution in [-0.2, 0) is 24.0 Å². The second-order valence-electron chi connectivity index (χ2n) is 6.87. The molecule has 0 atom stereocenters. The molecule has 2 aromatic rings. The number of carbonyl (C=O) groups is 2. The van der Waals surface area contributed by atoms with Gasteiger partial charge in [0.05, 0.1) is 18.0 Å². The Kier molecular flexibility index (Phi) is 7.31. The summed E-state index contributed by atoms with van der Waals surface area (Å²) < 4.78 is 4.77. The number of aryl methyl sites for hydroxylation is 1. The minimum absolute atomic E-state index is 0.117. The van der Waals surface area contributed by atoms with Crippen molar-refractivity contribution in [1.29, 1.82) is 0 Å². The number of primary amides is 2. The molecule has 1 heterocycles. The molecule has 0 aliphatic rings. The molecule has 0 saturated heterocycles. The highest BCUT2D eigenvalue weighted by Gasteiger charge is 2.18. The summed E-state index contributed by atoms with van der Waals surface area (Å²) in [5.74, 6) is 0.109. The molecule has 2 amide bonds. The van der Waals surface area contributed by atoms with Gasteiger partial charge in [-0.05, 0) is 36.5 Å². The van der Waals surface area contributed by atoms with E-state index < -0.39 is 12.0 Å². The van der Waals surface area contributed by atoms with Crippen molar-refractivity contribution in [2.45, 2.75) is 40.0 Å². The minimum atomic E-state index is -0.802. The molecule has 0 unspecified atom stereocenters. The smallest absolute Gasteiger partial charge is 0.404 e. The Bertz CT molecular complexity index is 852. The standard InChI is InChI=1S/C20H27N5O3/c1-4-15-16(10-12(2)3)25-19(17(24-15)18(21)26)23-14-7-5-6-13(11-14)8-9-28-20(22)27/h5-7,11-12H,4,8-10H2,1-3H3,(H2,21,26)(H2,22,27)(H,23,25). The largest absolute Gasteiger partial charge is 0.449 e. The summed E-state index contributed by atoms with van der Waals surface area (Å²) in [7, 11) is 0. The Balaban J connectivity index is 2.31. The first kappa shape index (κ1) is 21.1. The number of nitrogens with two attached hydrogens (primary N) is 2. The van der Waals surface area contributed by atoms with Crippen molar-refractivity contribution in [2.75, 3.05) is 11.9 Å². The number of amides is 2. The van der Waals surface area contributed by atoms with Gasteiger partial charge in [0.25, 0.3) is 5.91 Å². The first-order chi connectivity index (χ1) is 13.3. The van der Waals surface area contributed by atoms with Crippen molar-refractivity contribution in [3.05, 3.63) is 46.9 Å². The Labute approximate surface area is 164 Å². The number of hydrogen-bond acceptors (Lipinski definition) is 6. The van der Waals surface area contributed by atoms with Crippen LogP contribution in [0.3, 0.4) is 0 Å². The lowest BCUT2D eigenvalue weighted by Crippen LogP contribution is -2.19. The normalized spacial score (nSPS) is 10.7. The molecular formula is C20H27N5O3. The van der Waals surface area contributed by atoms with Crippen LogP contribution in [0.4, 0.5) is 16.3 Å². The number of hydrogen-bond donors (Lipinski definition) is 3. The van der Waals surface area contributed by atoms with Gasteiger partial charge in [0.2, 0.25) is 0 Å². The number of anilines is 2. The van der Waals surface area contributed by atoms with Crippen LogP contribution < -0.4 is 16.8 Å². The molecule has 0 fully saturated rings. The second-order valence-corrected chi connectivity index (χ2v) is 6.87. The van der Waals surface area contributed by atoms with Crippen LogP contribution in [0.5, 0.6) is 0 Å². The number of nitrogens with one attached hydrogen (secondary N) is 1. The molecule has 5 N–H and O–H groups in total. The lowest BCUT2D eigenvalue weighted by Gasteiger charge is -2.15. The van der Waals surface area contributed by atoms with Crippen LogP contribution in [0.1, 0.15) is 48.2 Å². The quantitative estimate of drug-likeness (QED) is 0.608. The van der Waals surface area contributed by atoms with Crippen molar-refractivity contribution in [3.8, 4) is 0 Å². The van der Waals surface area contributed by atoms with E-state index in [1.807, 2.05) is 31.2 Å². The highest BCUT2D eigenvalue weighted by Crippen LogP contribution is 2.22. The number of ether oxygens (including phenoxy) is 1. The monoisotopic (exact) mass is 385 g/mol. The van der Waals surface area contributed by atoms with E-state index >= 15 is 0 Å². The summed E-state index contributed by atoms with van der Waals surface area (Å²) in [6.07, 6.45) is 1.14. The van der Waals surface area contributed by atoms with Gasteiger partial charge in [-0.3, -0.25) is 4.79 Å². The van der Waals surface area contributed by atoms with E-state index in [1.54, 1.807) is 0 Å². The van der Waals surface area contributed by atoms with Gasteiger partial charge in [-0.1, -0.05) is 32.9 Å². The van der Waals surface area contributed by atoms with E-state index in [-0.39, 0.29) is 12.3 Å².